The molecule has 0 atom stereocenters. The van der Waals surface area contributed by atoms with E-state index < -0.39 is 0 Å². The molecule has 5 heteroatoms. The molecule has 128 valence electrons. The first kappa shape index (κ1) is 16.4. The lowest BCUT2D eigenvalue weighted by Crippen LogP contribution is -2.16. The summed E-state index contributed by atoms with van der Waals surface area (Å²) < 4.78 is 1.97. The Morgan fingerprint density at radius 1 is 0.923 bits per heavy atom. The lowest BCUT2D eigenvalue weighted by molar-refractivity contribution is 0.102. The molecule has 0 spiro atoms. The van der Waals surface area contributed by atoms with E-state index in [0.29, 0.717) is 11.5 Å². The average molecular weight is 359 g/mol. The Hall–Kier alpha value is -3.05. The highest BCUT2D eigenvalue weighted by Gasteiger charge is 2.17. The molecule has 1 heterocycles. The minimum Gasteiger partial charge on any atom is -0.291 e. The Kier molecular flexibility index (Phi) is 4.46. The topological polar surface area (TPSA) is 46.9 Å². The standard InChI is InChI=1S/C21H17N3OS/c1-26-19-14-8-5-11-16(19)20(25)23-21-22-17-12-6-7-13-18(17)24(21)15-9-3-2-4-10-15/h2-14H,1H3,(H,22,23,25). The first-order chi connectivity index (χ1) is 12.8. The molecule has 4 rings (SSSR count). The molecule has 26 heavy (non-hydrogen) atoms. The highest BCUT2D eigenvalue weighted by molar-refractivity contribution is 7.98. The quantitative estimate of drug-likeness (QED) is 0.522. The molecule has 0 saturated carbocycles. The molecule has 0 aliphatic carbocycles. The molecular weight excluding hydrogens is 342 g/mol. The third-order valence-corrected chi connectivity index (χ3v) is 4.95. The average Bonchev–Trinajstić information content (AvgIpc) is 3.06. The van der Waals surface area contributed by atoms with Crippen LogP contribution in [0.3, 0.4) is 0 Å². The van der Waals surface area contributed by atoms with Crippen LogP contribution in [0.15, 0.2) is 83.8 Å². The van der Waals surface area contributed by atoms with Crippen molar-refractivity contribution in [3.63, 3.8) is 0 Å². The monoisotopic (exact) mass is 359 g/mol. The van der Waals surface area contributed by atoms with Crippen LogP contribution in [0.5, 0.6) is 0 Å². The van der Waals surface area contributed by atoms with Gasteiger partial charge in [-0.2, -0.15) is 0 Å². The van der Waals surface area contributed by atoms with E-state index in [4.69, 9.17) is 0 Å². The summed E-state index contributed by atoms with van der Waals surface area (Å²) in [6.45, 7) is 0. The summed E-state index contributed by atoms with van der Waals surface area (Å²) in [5, 5.41) is 2.99. The number of carbonyl (C=O) groups is 1. The second-order valence-corrected chi connectivity index (χ2v) is 6.60. The molecule has 0 saturated heterocycles. The van der Waals surface area contributed by atoms with E-state index in [0.717, 1.165) is 21.6 Å². The van der Waals surface area contributed by atoms with Crippen LogP contribution < -0.4 is 5.32 Å². The number of aromatic nitrogens is 2. The van der Waals surface area contributed by atoms with Gasteiger partial charge in [0.15, 0.2) is 0 Å². The predicted molar refractivity (Wildman–Crippen MR) is 107 cm³/mol. The molecule has 3 aromatic carbocycles. The zero-order valence-corrected chi connectivity index (χ0v) is 15.0. The van der Waals surface area contributed by atoms with Gasteiger partial charge >= 0.3 is 0 Å². The summed E-state index contributed by atoms with van der Waals surface area (Å²) in [6, 6.07) is 25.3. The number of para-hydroxylation sites is 3. The fourth-order valence-corrected chi connectivity index (χ4v) is 3.54. The molecule has 0 aliphatic heterocycles. The lowest BCUT2D eigenvalue weighted by atomic mass is 10.2. The number of nitrogens with zero attached hydrogens (tertiary/aromatic N) is 2. The highest BCUT2D eigenvalue weighted by atomic mass is 32.2. The van der Waals surface area contributed by atoms with Crippen molar-refractivity contribution in [2.45, 2.75) is 4.90 Å². The van der Waals surface area contributed by atoms with E-state index in [1.165, 1.54) is 0 Å². The highest BCUT2D eigenvalue weighted by Crippen LogP contribution is 2.26. The molecule has 0 bridgehead atoms. The molecule has 4 nitrogen and oxygen atoms in total. The van der Waals surface area contributed by atoms with Gasteiger partial charge in [0.05, 0.1) is 16.6 Å². The van der Waals surface area contributed by atoms with E-state index in [1.807, 2.05) is 89.7 Å². The van der Waals surface area contributed by atoms with Crippen LogP contribution in [-0.4, -0.2) is 21.7 Å². The molecule has 1 aromatic heterocycles. The van der Waals surface area contributed by atoms with E-state index in [2.05, 4.69) is 10.3 Å². The summed E-state index contributed by atoms with van der Waals surface area (Å²) >= 11 is 1.55. The van der Waals surface area contributed by atoms with Gasteiger partial charge in [0, 0.05) is 10.6 Å². The third-order valence-electron chi connectivity index (χ3n) is 4.15. The summed E-state index contributed by atoms with van der Waals surface area (Å²) in [5.41, 5.74) is 3.39. The largest absolute Gasteiger partial charge is 0.291 e. The van der Waals surface area contributed by atoms with Gasteiger partial charge in [-0.25, -0.2) is 4.98 Å². The van der Waals surface area contributed by atoms with Crippen molar-refractivity contribution in [2.75, 3.05) is 11.6 Å². The zero-order valence-electron chi connectivity index (χ0n) is 14.2. The summed E-state index contributed by atoms with van der Waals surface area (Å²) in [4.78, 5) is 18.4. The van der Waals surface area contributed by atoms with Gasteiger partial charge in [0.25, 0.3) is 5.91 Å². The Labute approximate surface area is 155 Å². The third kappa shape index (κ3) is 2.97. The van der Waals surface area contributed by atoms with Crippen LogP contribution in [0.2, 0.25) is 0 Å². The Morgan fingerprint density at radius 3 is 2.42 bits per heavy atom. The number of benzene rings is 3. The Morgan fingerprint density at radius 2 is 1.62 bits per heavy atom. The normalized spacial score (nSPS) is 10.8. The maximum Gasteiger partial charge on any atom is 0.259 e. The summed E-state index contributed by atoms with van der Waals surface area (Å²) in [6.07, 6.45) is 1.96. The summed E-state index contributed by atoms with van der Waals surface area (Å²) in [7, 11) is 0. The minimum absolute atomic E-state index is 0.164. The van der Waals surface area contributed by atoms with Gasteiger partial charge in [-0.3, -0.25) is 14.7 Å². The number of fused-ring (bicyclic) bond motifs is 1. The molecular formula is C21H17N3OS. The molecule has 0 fully saturated rings. The Bertz CT molecular complexity index is 1070. The van der Waals surface area contributed by atoms with Crippen molar-refractivity contribution in [3.8, 4) is 5.69 Å². The van der Waals surface area contributed by atoms with E-state index in [-0.39, 0.29) is 5.91 Å². The lowest BCUT2D eigenvalue weighted by Gasteiger charge is -2.11. The number of nitrogens with one attached hydrogen (secondary N) is 1. The molecule has 0 unspecified atom stereocenters. The van der Waals surface area contributed by atoms with Crippen LogP contribution in [0.25, 0.3) is 16.7 Å². The number of thioether (sulfide) groups is 1. The van der Waals surface area contributed by atoms with Crippen molar-refractivity contribution in [2.24, 2.45) is 0 Å². The van der Waals surface area contributed by atoms with Gasteiger partial charge < -0.3 is 0 Å². The SMILES string of the molecule is CSc1ccccc1C(=O)Nc1nc2ccccc2n1-c1ccccc1. The van der Waals surface area contributed by atoms with Gasteiger partial charge in [0.1, 0.15) is 0 Å². The van der Waals surface area contributed by atoms with Crippen molar-refractivity contribution in [1.82, 2.24) is 9.55 Å². The Balaban J connectivity index is 1.81. The molecule has 0 aliphatic rings. The number of anilines is 1. The van der Waals surface area contributed by atoms with Gasteiger partial charge in [-0.15, -0.1) is 11.8 Å². The number of rotatable bonds is 4. The number of hydrogen-bond donors (Lipinski definition) is 1. The van der Waals surface area contributed by atoms with Gasteiger partial charge in [0.2, 0.25) is 5.95 Å². The number of amides is 1. The molecule has 1 amide bonds. The van der Waals surface area contributed by atoms with Gasteiger partial charge in [-0.05, 0) is 42.7 Å². The van der Waals surface area contributed by atoms with Crippen LogP contribution in [-0.2, 0) is 0 Å². The fourth-order valence-electron chi connectivity index (χ4n) is 2.95. The van der Waals surface area contributed by atoms with E-state index in [1.54, 1.807) is 11.8 Å². The van der Waals surface area contributed by atoms with Crippen LogP contribution in [0, 0.1) is 0 Å². The molecule has 0 radical (unpaired) electrons. The van der Waals surface area contributed by atoms with Crippen LogP contribution in [0.4, 0.5) is 5.95 Å². The number of hydrogen-bond acceptors (Lipinski definition) is 3. The predicted octanol–water partition coefficient (Wildman–Crippen LogP) is 5.00. The van der Waals surface area contributed by atoms with Crippen LogP contribution in [0.1, 0.15) is 10.4 Å². The first-order valence-electron chi connectivity index (χ1n) is 8.25. The van der Waals surface area contributed by atoms with Crippen molar-refractivity contribution in [3.05, 3.63) is 84.4 Å². The van der Waals surface area contributed by atoms with E-state index in [9.17, 15) is 4.79 Å². The second-order valence-electron chi connectivity index (χ2n) is 5.75. The summed E-state index contributed by atoms with van der Waals surface area (Å²) in [5.74, 6) is 0.348. The fraction of sp³-hybridized carbons (Fsp3) is 0.0476. The van der Waals surface area contributed by atoms with Crippen molar-refractivity contribution in [1.29, 1.82) is 0 Å². The maximum atomic E-state index is 12.9. The van der Waals surface area contributed by atoms with E-state index >= 15 is 0 Å². The van der Waals surface area contributed by atoms with Crippen molar-refractivity contribution >= 4 is 34.7 Å². The molecule has 1 N–H and O–H groups in total. The zero-order chi connectivity index (χ0) is 17.9. The second kappa shape index (κ2) is 7.06. The molecule has 4 aromatic rings. The van der Waals surface area contributed by atoms with Gasteiger partial charge in [-0.1, -0.05) is 42.5 Å². The minimum atomic E-state index is -0.164. The number of carbonyl (C=O) groups excluding carboxylic acids is 1. The number of imidazole rings is 1. The first-order valence-corrected chi connectivity index (χ1v) is 9.47. The van der Waals surface area contributed by atoms with Crippen molar-refractivity contribution < 1.29 is 4.79 Å². The smallest absolute Gasteiger partial charge is 0.259 e. The maximum absolute atomic E-state index is 12.9. The van der Waals surface area contributed by atoms with Crippen LogP contribution >= 0.6 is 11.8 Å².